The van der Waals surface area contributed by atoms with E-state index < -0.39 is 12.0 Å². The normalized spacial score (nSPS) is 10.6. The minimum Gasteiger partial charge on any atom is -0.472 e. The van der Waals surface area contributed by atoms with Crippen molar-refractivity contribution in [3.8, 4) is 5.88 Å². The van der Waals surface area contributed by atoms with Gasteiger partial charge in [-0.25, -0.2) is 13.3 Å². The lowest BCUT2D eigenvalue weighted by molar-refractivity contribution is 0.0501. The summed E-state index contributed by atoms with van der Waals surface area (Å²) in [6, 6.07) is 6.15. The van der Waals surface area contributed by atoms with E-state index in [1.54, 1.807) is 30.5 Å². The molecule has 0 unspecified atom stereocenters. The molecular formula is C15H17FN2O3S2. The second-order valence-electron chi connectivity index (χ2n) is 4.53. The molecule has 23 heavy (non-hydrogen) atoms. The molecule has 0 spiro atoms. The first kappa shape index (κ1) is 17.7. The van der Waals surface area contributed by atoms with Gasteiger partial charge >= 0.3 is 5.97 Å². The minimum absolute atomic E-state index is 0.0878. The summed E-state index contributed by atoms with van der Waals surface area (Å²) < 4.78 is 24.8. The fourth-order valence-corrected chi connectivity index (χ4v) is 2.68. The molecule has 124 valence electrons. The van der Waals surface area contributed by atoms with Crippen molar-refractivity contribution in [2.75, 3.05) is 12.6 Å². The van der Waals surface area contributed by atoms with Crippen LogP contribution in [0.1, 0.15) is 29.3 Å². The van der Waals surface area contributed by atoms with Gasteiger partial charge in [0.1, 0.15) is 12.6 Å². The molecule has 0 radical (unpaired) electrons. The first-order chi connectivity index (χ1) is 11.2. The van der Waals surface area contributed by atoms with Crippen LogP contribution in [0.3, 0.4) is 0 Å². The Morgan fingerprint density at radius 1 is 1.43 bits per heavy atom. The predicted octanol–water partition coefficient (Wildman–Crippen LogP) is 3.74. The van der Waals surface area contributed by atoms with E-state index >= 15 is 0 Å². The van der Waals surface area contributed by atoms with Crippen LogP contribution in [0.25, 0.3) is 0 Å². The fraction of sp³-hybridized carbons (Fsp3) is 0.333. The Bertz CT molecular complexity index is 664. The van der Waals surface area contributed by atoms with Crippen LogP contribution in [0, 0.1) is 0 Å². The van der Waals surface area contributed by atoms with Crippen LogP contribution in [-0.4, -0.2) is 27.8 Å². The number of hydrogen-bond donors (Lipinski definition) is 1. The first-order valence-electron chi connectivity index (χ1n) is 7.01. The van der Waals surface area contributed by atoms with E-state index in [4.69, 9.17) is 9.47 Å². The number of alkyl halides is 1. The third-order valence-corrected chi connectivity index (χ3v) is 3.94. The molecule has 1 heterocycles. The van der Waals surface area contributed by atoms with Crippen molar-refractivity contribution in [2.45, 2.75) is 24.8 Å². The molecular weight excluding hydrogens is 339 g/mol. The summed E-state index contributed by atoms with van der Waals surface area (Å²) >= 11 is 5.03. The van der Waals surface area contributed by atoms with Gasteiger partial charge in [0.2, 0.25) is 5.88 Å². The number of thiol groups is 1. The average Bonchev–Trinajstić information content (AvgIpc) is 2.97. The molecule has 0 bridgehead atoms. The number of nitrogens with zero attached hydrogens (tertiary/aromatic N) is 2. The quantitative estimate of drug-likeness (QED) is 0.444. The zero-order valence-electron chi connectivity index (χ0n) is 12.6. The Morgan fingerprint density at radius 2 is 2.26 bits per heavy atom. The number of esters is 1. The Balaban J connectivity index is 2.23. The van der Waals surface area contributed by atoms with Gasteiger partial charge in [0.15, 0.2) is 0 Å². The van der Waals surface area contributed by atoms with E-state index in [0.29, 0.717) is 28.5 Å². The van der Waals surface area contributed by atoms with Crippen LogP contribution in [0.5, 0.6) is 5.88 Å². The van der Waals surface area contributed by atoms with Gasteiger partial charge in [0.05, 0.1) is 12.2 Å². The van der Waals surface area contributed by atoms with Crippen molar-refractivity contribution >= 4 is 30.5 Å². The number of carbonyl (C=O) groups is 1. The highest BCUT2D eigenvalue weighted by Gasteiger charge is 2.17. The van der Waals surface area contributed by atoms with Gasteiger partial charge in [-0.05, 0) is 31.4 Å². The number of carbonyl (C=O) groups excluding carboxylic acids is 1. The predicted molar refractivity (Wildman–Crippen MR) is 89.8 cm³/mol. The van der Waals surface area contributed by atoms with Crippen LogP contribution in [0.2, 0.25) is 0 Å². The van der Waals surface area contributed by atoms with E-state index in [0.717, 1.165) is 18.2 Å². The van der Waals surface area contributed by atoms with Gasteiger partial charge in [-0.1, -0.05) is 24.8 Å². The highest BCUT2D eigenvalue weighted by Crippen LogP contribution is 2.27. The van der Waals surface area contributed by atoms with Gasteiger partial charge in [-0.2, -0.15) is 0 Å². The number of aromatic nitrogens is 2. The molecule has 1 aromatic heterocycles. The average molecular weight is 356 g/mol. The highest BCUT2D eigenvalue weighted by atomic mass is 32.2. The molecule has 5 nitrogen and oxygen atoms in total. The third-order valence-electron chi connectivity index (χ3n) is 2.92. The second kappa shape index (κ2) is 8.83. The molecule has 0 aliphatic rings. The first-order valence-corrected chi connectivity index (χ1v) is 8.39. The van der Waals surface area contributed by atoms with E-state index in [1.165, 1.54) is 4.09 Å². The van der Waals surface area contributed by atoms with E-state index in [1.807, 2.05) is 6.92 Å². The lowest BCUT2D eigenvalue weighted by Crippen LogP contribution is -2.11. The maximum absolute atomic E-state index is 12.7. The second-order valence-corrected chi connectivity index (χ2v) is 5.89. The minimum atomic E-state index is -0.592. The highest BCUT2D eigenvalue weighted by molar-refractivity contribution is 7.99. The lowest BCUT2D eigenvalue weighted by atomic mass is 10.1. The van der Waals surface area contributed by atoms with E-state index in [9.17, 15) is 9.18 Å². The molecule has 0 fully saturated rings. The van der Waals surface area contributed by atoms with E-state index in [-0.39, 0.29) is 6.61 Å². The number of rotatable bonds is 8. The molecule has 0 saturated heterocycles. The van der Waals surface area contributed by atoms with Gasteiger partial charge in [-0.3, -0.25) is 0 Å². The third kappa shape index (κ3) is 4.90. The molecule has 2 aromatic rings. The summed E-state index contributed by atoms with van der Waals surface area (Å²) in [5, 5.41) is 3.99. The van der Waals surface area contributed by atoms with Crippen molar-refractivity contribution in [3.63, 3.8) is 0 Å². The van der Waals surface area contributed by atoms with Crippen LogP contribution in [0.15, 0.2) is 35.4 Å². The summed E-state index contributed by atoms with van der Waals surface area (Å²) in [5.41, 5.74) is 0.965. The number of halogens is 1. The topological polar surface area (TPSA) is 53.4 Å². The van der Waals surface area contributed by atoms with E-state index in [2.05, 4.69) is 17.9 Å². The Morgan fingerprint density at radius 3 is 2.91 bits per heavy atom. The zero-order chi connectivity index (χ0) is 16.7. The molecule has 0 amide bonds. The molecule has 0 aliphatic heterocycles. The van der Waals surface area contributed by atoms with Crippen molar-refractivity contribution in [2.24, 2.45) is 0 Å². The van der Waals surface area contributed by atoms with Crippen molar-refractivity contribution in [1.29, 1.82) is 0 Å². The summed E-state index contributed by atoms with van der Waals surface area (Å²) in [6.07, 6.45) is 2.35. The Hall–Kier alpha value is -1.67. The van der Waals surface area contributed by atoms with Gasteiger partial charge in [-0.15, -0.1) is 5.10 Å². The lowest BCUT2D eigenvalue weighted by Gasteiger charge is -2.13. The molecule has 1 aromatic carbocycles. The molecule has 2 rings (SSSR count). The van der Waals surface area contributed by atoms with Crippen molar-refractivity contribution < 1.29 is 18.7 Å². The fourth-order valence-electron chi connectivity index (χ4n) is 1.89. The molecule has 0 saturated carbocycles. The maximum atomic E-state index is 12.7. The van der Waals surface area contributed by atoms with Gasteiger partial charge < -0.3 is 9.47 Å². The number of benzene rings is 1. The van der Waals surface area contributed by atoms with Crippen LogP contribution >= 0.6 is 24.6 Å². The summed E-state index contributed by atoms with van der Waals surface area (Å²) in [6.45, 7) is 2.34. The number of hydrogen-bond acceptors (Lipinski definition) is 6. The molecule has 0 atom stereocenters. The van der Waals surface area contributed by atoms with Crippen LogP contribution in [-0.2, 0) is 11.3 Å². The monoisotopic (exact) mass is 356 g/mol. The van der Waals surface area contributed by atoms with Crippen molar-refractivity contribution in [3.05, 3.63) is 41.6 Å². The van der Waals surface area contributed by atoms with Gasteiger partial charge in [0.25, 0.3) is 0 Å². The van der Waals surface area contributed by atoms with Crippen molar-refractivity contribution in [1.82, 2.24) is 9.19 Å². The molecule has 0 N–H and O–H groups in total. The smallest absolute Gasteiger partial charge is 0.338 e. The largest absolute Gasteiger partial charge is 0.472 e. The summed E-state index contributed by atoms with van der Waals surface area (Å²) in [4.78, 5) is 12.8. The number of ether oxygens (including phenoxy) is 2. The number of thioether (sulfide) groups is 1. The summed E-state index contributed by atoms with van der Waals surface area (Å²) in [5.74, 6) is -0.0700. The van der Waals surface area contributed by atoms with Crippen LogP contribution in [0.4, 0.5) is 4.39 Å². The molecule has 8 heteroatoms. The molecule has 0 aliphatic carbocycles. The summed E-state index contributed by atoms with van der Waals surface area (Å²) in [7, 11) is 0. The maximum Gasteiger partial charge on any atom is 0.338 e. The zero-order valence-corrected chi connectivity index (χ0v) is 14.3. The van der Waals surface area contributed by atoms with Gasteiger partial charge in [0, 0.05) is 22.7 Å². The SMILES string of the molecule is CCCOC(=O)c1cccc(SCF)c1COc1ccn(S)n1. The standard InChI is InChI=1S/C15H17FN2O3S2/c1-2-8-20-15(19)11-4-3-5-13(23-10-16)12(11)9-21-14-6-7-18(22)17-14/h3-7,22H,2,8-10H2,1H3. The Labute approximate surface area is 143 Å². The Kier molecular flexibility index (Phi) is 6.79. The van der Waals surface area contributed by atoms with Crippen LogP contribution < -0.4 is 4.74 Å².